The van der Waals surface area contributed by atoms with Gasteiger partial charge in [-0.25, -0.2) is 0 Å². The van der Waals surface area contributed by atoms with Gasteiger partial charge in [0.2, 0.25) is 0 Å². The van der Waals surface area contributed by atoms with Gasteiger partial charge in [-0.1, -0.05) is 0 Å². The van der Waals surface area contributed by atoms with Crippen LogP contribution in [0.3, 0.4) is 0 Å². The Morgan fingerprint density at radius 2 is 2.62 bits per heavy atom. The van der Waals surface area contributed by atoms with Crippen molar-refractivity contribution in [2.75, 3.05) is 6.79 Å². The number of rotatable bonds is 2. The van der Waals surface area contributed by atoms with Gasteiger partial charge in [-0.2, -0.15) is 0 Å². The standard InChI is InChI=1S/C5H7NO2/c7-4-8-5-2-1-3-6-5/h1-3,6-7H,4H2. The van der Waals surface area contributed by atoms with E-state index in [2.05, 4.69) is 9.72 Å². The van der Waals surface area contributed by atoms with Gasteiger partial charge in [0.1, 0.15) is 0 Å². The van der Waals surface area contributed by atoms with Crippen molar-refractivity contribution in [2.24, 2.45) is 0 Å². The van der Waals surface area contributed by atoms with Crippen molar-refractivity contribution in [3.63, 3.8) is 0 Å². The van der Waals surface area contributed by atoms with E-state index in [-0.39, 0.29) is 6.79 Å². The second-order valence-electron chi connectivity index (χ2n) is 1.31. The van der Waals surface area contributed by atoms with Crippen LogP contribution in [0.5, 0.6) is 5.88 Å². The second-order valence-corrected chi connectivity index (χ2v) is 1.31. The summed E-state index contributed by atoms with van der Waals surface area (Å²) in [5, 5.41) is 8.20. The Labute approximate surface area is 46.9 Å². The number of ether oxygens (including phenoxy) is 1. The predicted octanol–water partition coefficient (Wildman–Crippen LogP) is 0.343. The summed E-state index contributed by atoms with van der Waals surface area (Å²) in [5.41, 5.74) is 0. The number of aromatic amines is 1. The van der Waals surface area contributed by atoms with Crippen molar-refractivity contribution in [1.29, 1.82) is 0 Å². The van der Waals surface area contributed by atoms with Gasteiger partial charge >= 0.3 is 0 Å². The van der Waals surface area contributed by atoms with Gasteiger partial charge < -0.3 is 14.8 Å². The van der Waals surface area contributed by atoms with Gasteiger partial charge in [-0.05, 0) is 12.1 Å². The zero-order valence-corrected chi connectivity index (χ0v) is 4.29. The van der Waals surface area contributed by atoms with Crippen molar-refractivity contribution in [3.05, 3.63) is 18.3 Å². The van der Waals surface area contributed by atoms with E-state index in [4.69, 9.17) is 5.11 Å². The first-order valence-electron chi connectivity index (χ1n) is 2.30. The van der Waals surface area contributed by atoms with Gasteiger partial charge in [0.25, 0.3) is 0 Å². The molecule has 0 aromatic carbocycles. The molecular weight excluding hydrogens is 106 g/mol. The van der Waals surface area contributed by atoms with Gasteiger partial charge in [0, 0.05) is 6.20 Å². The van der Waals surface area contributed by atoms with Crippen molar-refractivity contribution in [1.82, 2.24) is 4.98 Å². The molecule has 0 saturated carbocycles. The molecule has 1 aromatic rings. The maximum Gasteiger partial charge on any atom is 0.193 e. The first-order chi connectivity index (χ1) is 3.93. The molecule has 0 atom stereocenters. The smallest absolute Gasteiger partial charge is 0.193 e. The van der Waals surface area contributed by atoms with Crippen LogP contribution in [0.4, 0.5) is 0 Å². The van der Waals surface area contributed by atoms with E-state index in [1.165, 1.54) is 0 Å². The van der Waals surface area contributed by atoms with E-state index < -0.39 is 0 Å². The van der Waals surface area contributed by atoms with E-state index in [0.717, 1.165) is 0 Å². The molecule has 0 bridgehead atoms. The highest BCUT2D eigenvalue weighted by Gasteiger charge is 1.85. The minimum atomic E-state index is -0.277. The molecule has 0 aliphatic heterocycles. The van der Waals surface area contributed by atoms with Crippen LogP contribution < -0.4 is 4.74 Å². The average molecular weight is 113 g/mol. The highest BCUT2D eigenvalue weighted by Crippen LogP contribution is 2.02. The Bertz CT molecular complexity index is 136. The number of nitrogens with one attached hydrogen (secondary N) is 1. The number of aromatic nitrogens is 1. The molecule has 0 fully saturated rings. The van der Waals surface area contributed by atoms with Crippen molar-refractivity contribution in [2.45, 2.75) is 0 Å². The molecule has 3 heteroatoms. The quantitative estimate of drug-likeness (QED) is 0.543. The van der Waals surface area contributed by atoms with Crippen LogP contribution in [0.2, 0.25) is 0 Å². The fraction of sp³-hybridized carbons (Fsp3) is 0.200. The summed E-state index contributed by atoms with van der Waals surface area (Å²) in [6.07, 6.45) is 1.73. The summed E-state index contributed by atoms with van der Waals surface area (Å²) < 4.78 is 4.65. The Kier molecular flexibility index (Phi) is 1.54. The van der Waals surface area contributed by atoms with Crippen LogP contribution >= 0.6 is 0 Å². The summed E-state index contributed by atoms with van der Waals surface area (Å²) in [6, 6.07) is 3.53. The normalized spacial score (nSPS) is 9.12. The molecule has 0 aliphatic rings. The molecule has 0 spiro atoms. The molecule has 0 unspecified atom stereocenters. The lowest BCUT2D eigenvalue weighted by Crippen LogP contribution is -1.93. The predicted molar refractivity (Wildman–Crippen MR) is 28.5 cm³/mol. The van der Waals surface area contributed by atoms with E-state index in [9.17, 15) is 0 Å². The van der Waals surface area contributed by atoms with Crippen molar-refractivity contribution >= 4 is 0 Å². The Morgan fingerprint density at radius 3 is 3.12 bits per heavy atom. The van der Waals surface area contributed by atoms with E-state index in [1.54, 1.807) is 18.3 Å². The largest absolute Gasteiger partial charge is 0.453 e. The molecule has 3 nitrogen and oxygen atoms in total. The van der Waals surface area contributed by atoms with Crippen molar-refractivity contribution < 1.29 is 9.84 Å². The van der Waals surface area contributed by atoms with Crippen molar-refractivity contribution in [3.8, 4) is 5.88 Å². The molecule has 1 heterocycles. The molecule has 44 valence electrons. The summed E-state index contributed by atoms with van der Waals surface area (Å²) in [4.78, 5) is 2.76. The fourth-order valence-corrected chi connectivity index (χ4v) is 0.473. The Balaban J connectivity index is 2.50. The van der Waals surface area contributed by atoms with E-state index in [1.807, 2.05) is 0 Å². The maximum absolute atomic E-state index is 8.20. The summed E-state index contributed by atoms with van der Waals surface area (Å²) in [5.74, 6) is 0.590. The molecule has 1 rings (SSSR count). The number of aliphatic hydroxyl groups excluding tert-OH is 1. The van der Waals surface area contributed by atoms with Crippen LogP contribution in [0.15, 0.2) is 18.3 Å². The average Bonchev–Trinajstić information content (AvgIpc) is 2.19. The van der Waals surface area contributed by atoms with Crippen LogP contribution in [-0.4, -0.2) is 16.9 Å². The lowest BCUT2D eigenvalue weighted by molar-refractivity contribution is 0.0947. The summed E-state index contributed by atoms with van der Waals surface area (Å²) >= 11 is 0. The van der Waals surface area contributed by atoms with E-state index >= 15 is 0 Å². The van der Waals surface area contributed by atoms with Crippen LogP contribution in [0, 0.1) is 0 Å². The number of aliphatic hydroxyl groups is 1. The molecular formula is C5H7NO2. The van der Waals surface area contributed by atoms with Gasteiger partial charge in [0.05, 0.1) is 0 Å². The van der Waals surface area contributed by atoms with Crippen LogP contribution in [0.1, 0.15) is 0 Å². The number of hydrogen-bond donors (Lipinski definition) is 2. The molecule has 8 heavy (non-hydrogen) atoms. The van der Waals surface area contributed by atoms with Gasteiger partial charge in [-0.3, -0.25) is 0 Å². The molecule has 1 aromatic heterocycles. The number of H-pyrrole nitrogens is 1. The topological polar surface area (TPSA) is 45.2 Å². The SMILES string of the molecule is OCOc1ccc[nH]1. The third-order valence-electron chi connectivity index (χ3n) is 0.789. The maximum atomic E-state index is 8.20. The molecule has 0 radical (unpaired) electrons. The molecule has 0 aliphatic carbocycles. The fourth-order valence-electron chi connectivity index (χ4n) is 0.473. The Hall–Kier alpha value is -0.960. The van der Waals surface area contributed by atoms with Gasteiger partial charge in [-0.15, -0.1) is 0 Å². The molecule has 0 amide bonds. The lowest BCUT2D eigenvalue weighted by atomic mass is 10.7. The minimum Gasteiger partial charge on any atom is -0.453 e. The van der Waals surface area contributed by atoms with Gasteiger partial charge in [0.15, 0.2) is 12.7 Å². The first kappa shape index (κ1) is 5.18. The van der Waals surface area contributed by atoms with Crippen LogP contribution in [0.25, 0.3) is 0 Å². The van der Waals surface area contributed by atoms with E-state index in [0.29, 0.717) is 5.88 Å². The van der Waals surface area contributed by atoms with Crippen LogP contribution in [-0.2, 0) is 0 Å². The first-order valence-corrected chi connectivity index (χ1v) is 2.30. The zero-order chi connectivity index (χ0) is 5.82. The second kappa shape index (κ2) is 2.37. The zero-order valence-electron chi connectivity index (χ0n) is 4.29. The molecule has 0 saturated heterocycles. The third-order valence-corrected chi connectivity index (χ3v) is 0.789. The third kappa shape index (κ3) is 1.01. The lowest BCUT2D eigenvalue weighted by Gasteiger charge is -1.93. The summed E-state index contributed by atoms with van der Waals surface area (Å²) in [7, 11) is 0. The Morgan fingerprint density at radius 1 is 1.75 bits per heavy atom. The molecule has 2 N–H and O–H groups in total. The summed E-state index contributed by atoms with van der Waals surface area (Å²) in [6.45, 7) is -0.277. The highest BCUT2D eigenvalue weighted by atomic mass is 16.6. The number of hydrogen-bond acceptors (Lipinski definition) is 2. The monoisotopic (exact) mass is 113 g/mol. The highest BCUT2D eigenvalue weighted by molar-refractivity contribution is 5.09. The minimum absolute atomic E-state index is 0.277.